The van der Waals surface area contributed by atoms with Crippen molar-refractivity contribution in [3.05, 3.63) is 0 Å². The van der Waals surface area contributed by atoms with E-state index in [1.807, 2.05) is 6.92 Å². The Balaban J connectivity index is 2.21. The van der Waals surface area contributed by atoms with E-state index in [2.05, 4.69) is 5.32 Å². The Labute approximate surface area is 78.6 Å². The molecule has 1 N–H and O–H groups in total. The summed E-state index contributed by atoms with van der Waals surface area (Å²) in [6.07, 6.45) is 1.42. The SMILES string of the molecule is CCOC(=O)CC1COCCCN1. The quantitative estimate of drug-likeness (QED) is 0.646. The molecule has 4 nitrogen and oxygen atoms in total. The van der Waals surface area contributed by atoms with Gasteiger partial charge in [-0.3, -0.25) is 4.79 Å². The molecule has 1 aliphatic heterocycles. The van der Waals surface area contributed by atoms with Crippen LogP contribution in [0.1, 0.15) is 19.8 Å². The van der Waals surface area contributed by atoms with E-state index in [-0.39, 0.29) is 12.0 Å². The van der Waals surface area contributed by atoms with Crippen molar-refractivity contribution in [2.45, 2.75) is 25.8 Å². The van der Waals surface area contributed by atoms with Crippen molar-refractivity contribution in [1.82, 2.24) is 5.32 Å². The first-order valence-corrected chi connectivity index (χ1v) is 4.79. The molecular formula is C9H17NO3. The van der Waals surface area contributed by atoms with Crippen LogP contribution in [-0.2, 0) is 14.3 Å². The smallest absolute Gasteiger partial charge is 0.307 e. The van der Waals surface area contributed by atoms with Crippen molar-refractivity contribution in [3.63, 3.8) is 0 Å². The summed E-state index contributed by atoms with van der Waals surface area (Å²) in [6.45, 7) is 4.58. The lowest BCUT2D eigenvalue weighted by Crippen LogP contribution is -2.34. The second kappa shape index (κ2) is 5.94. The van der Waals surface area contributed by atoms with E-state index in [0.29, 0.717) is 19.6 Å². The molecule has 1 atom stereocenters. The second-order valence-electron chi connectivity index (χ2n) is 3.09. The minimum Gasteiger partial charge on any atom is -0.466 e. The molecule has 0 spiro atoms. The summed E-state index contributed by atoms with van der Waals surface area (Å²) in [7, 11) is 0. The third-order valence-corrected chi connectivity index (χ3v) is 1.94. The van der Waals surface area contributed by atoms with Crippen molar-refractivity contribution in [2.75, 3.05) is 26.4 Å². The molecular weight excluding hydrogens is 170 g/mol. The van der Waals surface area contributed by atoms with Gasteiger partial charge in [-0.05, 0) is 19.9 Å². The van der Waals surface area contributed by atoms with E-state index in [9.17, 15) is 4.79 Å². The minimum atomic E-state index is -0.148. The molecule has 0 bridgehead atoms. The Bertz CT molecular complexity index is 153. The van der Waals surface area contributed by atoms with E-state index < -0.39 is 0 Å². The topological polar surface area (TPSA) is 47.6 Å². The molecule has 0 aliphatic carbocycles. The van der Waals surface area contributed by atoms with E-state index in [1.54, 1.807) is 0 Å². The molecule has 0 radical (unpaired) electrons. The lowest BCUT2D eigenvalue weighted by molar-refractivity contribution is -0.144. The molecule has 1 heterocycles. The van der Waals surface area contributed by atoms with Gasteiger partial charge in [0.1, 0.15) is 0 Å². The highest BCUT2D eigenvalue weighted by atomic mass is 16.5. The van der Waals surface area contributed by atoms with Crippen molar-refractivity contribution in [2.24, 2.45) is 0 Å². The molecule has 0 saturated carbocycles. The Morgan fingerprint density at radius 2 is 2.54 bits per heavy atom. The number of rotatable bonds is 3. The van der Waals surface area contributed by atoms with Gasteiger partial charge >= 0.3 is 5.97 Å². The predicted molar refractivity (Wildman–Crippen MR) is 48.5 cm³/mol. The number of hydrogen-bond acceptors (Lipinski definition) is 4. The van der Waals surface area contributed by atoms with Crippen molar-refractivity contribution >= 4 is 5.97 Å². The van der Waals surface area contributed by atoms with E-state index in [1.165, 1.54) is 0 Å². The highest BCUT2D eigenvalue weighted by Crippen LogP contribution is 2.00. The fourth-order valence-corrected chi connectivity index (χ4v) is 1.32. The van der Waals surface area contributed by atoms with Gasteiger partial charge in [-0.25, -0.2) is 0 Å². The van der Waals surface area contributed by atoms with Gasteiger partial charge in [0.2, 0.25) is 0 Å². The largest absolute Gasteiger partial charge is 0.466 e. The van der Waals surface area contributed by atoms with Crippen LogP contribution in [-0.4, -0.2) is 38.4 Å². The molecule has 1 saturated heterocycles. The monoisotopic (exact) mass is 187 g/mol. The fourth-order valence-electron chi connectivity index (χ4n) is 1.32. The van der Waals surface area contributed by atoms with Gasteiger partial charge in [0, 0.05) is 12.6 Å². The molecule has 1 fully saturated rings. The third-order valence-electron chi connectivity index (χ3n) is 1.94. The van der Waals surface area contributed by atoms with Crippen LogP contribution in [0, 0.1) is 0 Å². The average molecular weight is 187 g/mol. The maximum atomic E-state index is 11.1. The molecule has 0 aromatic rings. The Morgan fingerprint density at radius 1 is 1.69 bits per heavy atom. The Morgan fingerprint density at radius 3 is 3.31 bits per heavy atom. The second-order valence-corrected chi connectivity index (χ2v) is 3.09. The zero-order valence-corrected chi connectivity index (χ0v) is 8.04. The standard InChI is InChI=1S/C9H17NO3/c1-2-13-9(11)6-8-7-12-5-3-4-10-8/h8,10H,2-7H2,1H3. The number of ether oxygens (including phenoxy) is 2. The summed E-state index contributed by atoms with van der Waals surface area (Å²) in [6, 6.07) is 0.126. The first-order valence-electron chi connectivity index (χ1n) is 4.79. The number of nitrogens with one attached hydrogen (secondary N) is 1. The molecule has 0 aromatic heterocycles. The average Bonchev–Trinajstić information content (AvgIpc) is 2.33. The van der Waals surface area contributed by atoms with Gasteiger partial charge in [0.25, 0.3) is 0 Å². The molecule has 0 amide bonds. The van der Waals surface area contributed by atoms with Gasteiger partial charge < -0.3 is 14.8 Å². The number of hydrogen-bond donors (Lipinski definition) is 1. The van der Waals surface area contributed by atoms with Gasteiger partial charge in [0.05, 0.1) is 19.6 Å². The normalized spacial score (nSPS) is 23.6. The zero-order chi connectivity index (χ0) is 9.52. The molecule has 4 heteroatoms. The molecule has 1 rings (SSSR count). The van der Waals surface area contributed by atoms with Gasteiger partial charge in [-0.2, -0.15) is 0 Å². The van der Waals surface area contributed by atoms with Crippen LogP contribution < -0.4 is 5.32 Å². The lowest BCUT2D eigenvalue weighted by Gasteiger charge is -2.13. The summed E-state index contributed by atoms with van der Waals surface area (Å²) < 4.78 is 10.2. The summed E-state index contributed by atoms with van der Waals surface area (Å²) >= 11 is 0. The molecule has 76 valence electrons. The molecule has 13 heavy (non-hydrogen) atoms. The minimum absolute atomic E-state index is 0.126. The van der Waals surface area contributed by atoms with Crippen LogP contribution in [0.5, 0.6) is 0 Å². The van der Waals surface area contributed by atoms with Crippen molar-refractivity contribution in [3.8, 4) is 0 Å². The summed E-state index contributed by atoms with van der Waals surface area (Å²) in [5.41, 5.74) is 0. The Hall–Kier alpha value is -0.610. The van der Waals surface area contributed by atoms with E-state index >= 15 is 0 Å². The summed E-state index contributed by atoms with van der Waals surface area (Å²) in [5, 5.41) is 3.25. The van der Waals surface area contributed by atoms with Crippen LogP contribution in [0.3, 0.4) is 0 Å². The van der Waals surface area contributed by atoms with Crippen molar-refractivity contribution < 1.29 is 14.3 Å². The van der Waals surface area contributed by atoms with Crippen LogP contribution >= 0.6 is 0 Å². The van der Waals surface area contributed by atoms with Crippen molar-refractivity contribution in [1.29, 1.82) is 0 Å². The van der Waals surface area contributed by atoms with E-state index in [0.717, 1.165) is 19.6 Å². The highest BCUT2D eigenvalue weighted by Gasteiger charge is 2.16. The van der Waals surface area contributed by atoms with Gasteiger partial charge in [-0.15, -0.1) is 0 Å². The zero-order valence-electron chi connectivity index (χ0n) is 8.04. The lowest BCUT2D eigenvalue weighted by atomic mass is 10.2. The summed E-state index contributed by atoms with van der Waals surface area (Å²) in [4.78, 5) is 11.1. The van der Waals surface area contributed by atoms with Gasteiger partial charge in [0.15, 0.2) is 0 Å². The maximum Gasteiger partial charge on any atom is 0.307 e. The maximum absolute atomic E-state index is 11.1. The first kappa shape index (κ1) is 10.5. The van der Waals surface area contributed by atoms with Crippen LogP contribution in [0.25, 0.3) is 0 Å². The Kier molecular flexibility index (Phi) is 4.78. The summed E-state index contributed by atoms with van der Waals surface area (Å²) in [5.74, 6) is -0.148. The number of carbonyl (C=O) groups is 1. The van der Waals surface area contributed by atoms with Crippen LogP contribution in [0.4, 0.5) is 0 Å². The van der Waals surface area contributed by atoms with Crippen LogP contribution in [0.2, 0.25) is 0 Å². The van der Waals surface area contributed by atoms with Gasteiger partial charge in [-0.1, -0.05) is 0 Å². The third kappa shape index (κ3) is 4.24. The first-order chi connectivity index (χ1) is 6.33. The van der Waals surface area contributed by atoms with E-state index in [4.69, 9.17) is 9.47 Å². The highest BCUT2D eigenvalue weighted by molar-refractivity contribution is 5.70. The molecule has 1 unspecified atom stereocenters. The number of carbonyl (C=O) groups excluding carboxylic acids is 1. The number of esters is 1. The molecule has 0 aromatic carbocycles. The molecule has 1 aliphatic rings. The van der Waals surface area contributed by atoms with Crippen LogP contribution in [0.15, 0.2) is 0 Å². The fraction of sp³-hybridized carbons (Fsp3) is 0.889. The predicted octanol–water partition coefficient (Wildman–Crippen LogP) is 0.318.